The maximum Gasteiger partial charge on any atom is 0.0934 e. The monoisotopic (exact) mass is 372 g/mol. The van der Waals surface area contributed by atoms with Crippen molar-refractivity contribution in [2.24, 2.45) is 28.6 Å². The molecule has 2 nitrogen and oxygen atoms in total. The molecule has 1 heterocycles. The number of aliphatic hydroxyl groups excluding tert-OH is 1. The molecule has 1 saturated carbocycles. The summed E-state index contributed by atoms with van der Waals surface area (Å²) < 4.78 is 5.16. The van der Waals surface area contributed by atoms with Gasteiger partial charge in [-0.05, 0) is 105 Å². The molecule has 1 fully saturated rings. The van der Waals surface area contributed by atoms with Crippen molar-refractivity contribution in [3.05, 3.63) is 35.8 Å². The molecule has 0 spiro atoms. The number of rotatable bonds is 8. The smallest absolute Gasteiger partial charge is 0.0934 e. The number of hydrogen-bond donors (Lipinski definition) is 1. The molecule has 0 aromatic carbocycles. The zero-order valence-electron chi connectivity index (χ0n) is 18.0. The van der Waals surface area contributed by atoms with E-state index in [1.165, 1.54) is 37.7 Å². The summed E-state index contributed by atoms with van der Waals surface area (Å²) in [6, 6.07) is 2.05. The van der Waals surface area contributed by atoms with Gasteiger partial charge >= 0.3 is 0 Å². The van der Waals surface area contributed by atoms with Gasteiger partial charge in [-0.25, -0.2) is 0 Å². The van der Waals surface area contributed by atoms with E-state index in [-0.39, 0.29) is 0 Å². The minimum atomic E-state index is 0.330. The van der Waals surface area contributed by atoms with Gasteiger partial charge in [-0.3, -0.25) is 0 Å². The van der Waals surface area contributed by atoms with Crippen LogP contribution >= 0.6 is 0 Å². The zero-order valence-corrected chi connectivity index (χ0v) is 18.0. The zero-order chi connectivity index (χ0) is 19.5. The van der Waals surface area contributed by atoms with Crippen molar-refractivity contribution in [1.29, 1.82) is 0 Å². The topological polar surface area (TPSA) is 33.4 Å². The maximum atomic E-state index is 9.96. The van der Waals surface area contributed by atoms with Crippen molar-refractivity contribution in [3.8, 4) is 0 Å². The number of aryl methyl sites for hydroxylation is 1. The Balaban J connectivity index is 1.60. The molecule has 5 atom stereocenters. The van der Waals surface area contributed by atoms with Crippen LogP contribution < -0.4 is 0 Å². The Hall–Kier alpha value is -1.02. The largest absolute Gasteiger partial charge is 0.472 e. The Morgan fingerprint density at radius 3 is 2.78 bits per heavy atom. The van der Waals surface area contributed by atoms with E-state index in [0.717, 1.165) is 37.5 Å². The molecule has 0 amide bonds. The van der Waals surface area contributed by atoms with Crippen LogP contribution in [0.25, 0.3) is 0 Å². The van der Waals surface area contributed by atoms with Crippen molar-refractivity contribution in [1.82, 2.24) is 0 Å². The molecule has 1 unspecified atom stereocenters. The third-order valence-electron chi connectivity index (χ3n) is 8.60. The summed E-state index contributed by atoms with van der Waals surface area (Å²) in [6.45, 7) is 10.3. The van der Waals surface area contributed by atoms with Gasteiger partial charge in [0.1, 0.15) is 0 Å². The first-order valence-electron chi connectivity index (χ1n) is 11.2. The molecule has 1 aromatic heterocycles. The second kappa shape index (κ2) is 8.55. The second-order valence-electron chi connectivity index (χ2n) is 9.99. The van der Waals surface area contributed by atoms with E-state index in [1.54, 1.807) is 11.8 Å². The number of allylic oxidation sites excluding steroid dienone is 2. The molecule has 0 bridgehead atoms. The number of furan rings is 1. The van der Waals surface area contributed by atoms with E-state index in [2.05, 4.69) is 39.8 Å². The van der Waals surface area contributed by atoms with Crippen LogP contribution in [0.4, 0.5) is 0 Å². The molecule has 1 N–H and O–H groups in total. The Morgan fingerprint density at radius 1 is 1.26 bits per heavy atom. The van der Waals surface area contributed by atoms with Crippen LogP contribution in [0, 0.1) is 28.6 Å². The fraction of sp³-hybridized carbons (Fsp3) is 0.760. The molecular weight excluding hydrogens is 332 g/mol. The molecule has 0 aliphatic heterocycles. The van der Waals surface area contributed by atoms with Crippen molar-refractivity contribution in [2.45, 2.75) is 85.5 Å². The van der Waals surface area contributed by atoms with E-state index in [4.69, 9.17) is 4.42 Å². The van der Waals surface area contributed by atoms with Crippen LogP contribution in [0.2, 0.25) is 0 Å². The molecule has 3 rings (SSSR count). The van der Waals surface area contributed by atoms with Gasteiger partial charge < -0.3 is 9.52 Å². The van der Waals surface area contributed by atoms with E-state index in [1.807, 2.05) is 6.26 Å². The maximum absolute atomic E-state index is 9.96. The van der Waals surface area contributed by atoms with Crippen LogP contribution in [-0.4, -0.2) is 11.7 Å². The van der Waals surface area contributed by atoms with Crippen LogP contribution in [0.15, 0.2) is 34.7 Å². The molecule has 0 saturated heterocycles. The summed E-state index contributed by atoms with van der Waals surface area (Å²) >= 11 is 0. The fourth-order valence-electron chi connectivity index (χ4n) is 6.20. The van der Waals surface area contributed by atoms with Gasteiger partial charge in [-0.2, -0.15) is 0 Å². The lowest BCUT2D eigenvalue weighted by atomic mass is 9.47. The van der Waals surface area contributed by atoms with E-state index in [9.17, 15) is 5.11 Å². The van der Waals surface area contributed by atoms with Crippen LogP contribution in [0.1, 0.15) is 84.6 Å². The van der Waals surface area contributed by atoms with Gasteiger partial charge in [0, 0.05) is 6.61 Å². The lowest BCUT2D eigenvalue weighted by Crippen LogP contribution is -2.49. The average molecular weight is 373 g/mol. The molecular formula is C25H40O2. The molecule has 2 heteroatoms. The number of aliphatic hydroxyl groups is 1. The molecule has 0 radical (unpaired) electrons. The highest BCUT2D eigenvalue weighted by Crippen LogP contribution is 2.61. The summed E-state index contributed by atoms with van der Waals surface area (Å²) in [5.74, 6) is 2.02. The lowest BCUT2D eigenvalue weighted by Gasteiger charge is -2.58. The van der Waals surface area contributed by atoms with E-state index < -0.39 is 0 Å². The van der Waals surface area contributed by atoms with Crippen molar-refractivity contribution >= 4 is 0 Å². The molecule has 2 aliphatic carbocycles. The summed E-state index contributed by atoms with van der Waals surface area (Å²) in [7, 11) is 0. The van der Waals surface area contributed by atoms with Crippen LogP contribution in [0.5, 0.6) is 0 Å². The van der Waals surface area contributed by atoms with Gasteiger partial charge in [0.15, 0.2) is 0 Å². The van der Waals surface area contributed by atoms with Gasteiger partial charge in [-0.1, -0.05) is 32.4 Å². The number of hydrogen-bond acceptors (Lipinski definition) is 2. The third-order valence-corrected chi connectivity index (χ3v) is 8.60. The van der Waals surface area contributed by atoms with Crippen molar-refractivity contribution in [2.75, 3.05) is 6.61 Å². The van der Waals surface area contributed by atoms with Gasteiger partial charge in [0.25, 0.3) is 0 Å². The van der Waals surface area contributed by atoms with Crippen LogP contribution in [0.3, 0.4) is 0 Å². The average Bonchev–Trinajstić information content (AvgIpc) is 3.17. The van der Waals surface area contributed by atoms with Crippen molar-refractivity contribution in [3.63, 3.8) is 0 Å². The second-order valence-corrected chi connectivity index (χ2v) is 9.99. The predicted octanol–water partition coefficient (Wildman–Crippen LogP) is 6.79. The molecule has 1 aromatic rings. The Labute approximate surface area is 166 Å². The minimum Gasteiger partial charge on any atom is -0.472 e. The SMILES string of the molecule is CC1=CCC[C@@H]2[C@@](C)(CCC(CO)CCCc3ccoc3)[C@H](C)CC[C@]12C. The molecule has 2 aliphatic rings. The highest BCUT2D eigenvalue weighted by atomic mass is 16.3. The van der Waals surface area contributed by atoms with Gasteiger partial charge in [0.05, 0.1) is 12.5 Å². The van der Waals surface area contributed by atoms with E-state index >= 15 is 0 Å². The number of fused-ring (bicyclic) bond motifs is 1. The standard InChI is InChI=1S/C25H40O2/c1-19-7-5-10-23-24(19,3)14-11-20(2)25(23,4)15-12-21(17-26)8-6-9-22-13-16-27-18-22/h7,13,16,18,20-21,23,26H,5-6,8-12,14-15,17H2,1-4H3/t20-,21?,23+,24-,25+/m1/s1. The van der Waals surface area contributed by atoms with Crippen LogP contribution in [-0.2, 0) is 6.42 Å². The first kappa shape index (κ1) is 20.7. The Bertz CT molecular complexity index is 616. The van der Waals surface area contributed by atoms with E-state index in [0.29, 0.717) is 23.4 Å². The molecule has 152 valence electrons. The quantitative estimate of drug-likeness (QED) is 0.510. The summed E-state index contributed by atoms with van der Waals surface area (Å²) in [4.78, 5) is 0. The third kappa shape index (κ3) is 4.21. The first-order valence-corrected chi connectivity index (χ1v) is 11.2. The first-order chi connectivity index (χ1) is 12.9. The summed E-state index contributed by atoms with van der Waals surface area (Å²) in [6.07, 6.45) is 17.1. The normalized spacial score (nSPS) is 34.8. The highest BCUT2D eigenvalue weighted by Gasteiger charge is 2.52. The summed E-state index contributed by atoms with van der Waals surface area (Å²) in [5.41, 5.74) is 3.71. The molecule has 27 heavy (non-hydrogen) atoms. The predicted molar refractivity (Wildman–Crippen MR) is 113 cm³/mol. The fourth-order valence-corrected chi connectivity index (χ4v) is 6.20. The lowest BCUT2D eigenvalue weighted by molar-refractivity contribution is -0.0516. The van der Waals surface area contributed by atoms with Crippen molar-refractivity contribution < 1.29 is 9.52 Å². The minimum absolute atomic E-state index is 0.330. The van der Waals surface area contributed by atoms with Gasteiger partial charge in [-0.15, -0.1) is 0 Å². The Kier molecular flexibility index (Phi) is 6.56. The van der Waals surface area contributed by atoms with Gasteiger partial charge in [0.2, 0.25) is 0 Å². The Morgan fingerprint density at radius 2 is 2.07 bits per heavy atom. The highest BCUT2D eigenvalue weighted by molar-refractivity contribution is 5.20. The summed E-state index contributed by atoms with van der Waals surface area (Å²) in [5, 5.41) is 9.96.